The van der Waals surface area contributed by atoms with E-state index in [-0.39, 0.29) is 18.8 Å². The van der Waals surface area contributed by atoms with Crippen molar-refractivity contribution in [3.05, 3.63) is 71.3 Å². The van der Waals surface area contributed by atoms with Crippen molar-refractivity contribution in [2.75, 3.05) is 6.61 Å². The van der Waals surface area contributed by atoms with Crippen molar-refractivity contribution in [2.45, 2.75) is 6.42 Å². The average Bonchev–Trinajstić information content (AvgIpc) is 2.60. The summed E-state index contributed by atoms with van der Waals surface area (Å²) in [5.74, 6) is -0.482. The second-order valence-corrected chi connectivity index (χ2v) is 4.95. The Morgan fingerprint density at radius 1 is 1.08 bits per heavy atom. The third kappa shape index (κ3) is 5.11. The van der Waals surface area contributed by atoms with Gasteiger partial charge in [0.2, 0.25) is 0 Å². The molecule has 0 radical (unpaired) electrons. The monoisotopic (exact) mass is 321 g/mol. The summed E-state index contributed by atoms with van der Waals surface area (Å²) in [5.41, 5.74) is 1.84. The Balaban J connectivity index is 1.94. The van der Waals surface area contributed by atoms with Crippen molar-refractivity contribution in [1.82, 2.24) is 0 Å². The van der Waals surface area contributed by atoms with Gasteiger partial charge < -0.3 is 9.84 Å². The molecule has 0 aromatic heterocycles. The highest BCUT2D eigenvalue weighted by atomic mass is 16.5. The number of carbonyl (C=O) groups is 2. The van der Waals surface area contributed by atoms with Gasteiger partial charge in [0, 0.05) is 5.56 Å². The summed E-state index contributed by atoms with van der Waals surface area (Å²) in [6, 6.07) is 15.4. The zero-order chi connectivity index (χ0) is 17.4. The van der Waals surface area contributed by atoms with Crippen LogP contribution in [0.2, 0.25) is 0 Å². The zero-order valence-electron chi connectivity index (χ0n) is 12.8. The second-order valence-electron chi connectivity index (χ2n) is 4.95. The first-order valence-electron chi connectivity index (χ1n) is 7.26. The van der Waals surface area contributed by atoms with Gasteiger partial charge in [0.15, 0.2) is 5.78 Å². The number of carboxylic acid groups (broad SMARTS) is 1. The smallest absolute Gasteiger partial charge is 0.306 e. The van der Waals surface area contributed by atoms with E-state index in [1.54, 1.807) is 54.6 Å². The number of benzene rings is 2. The molecule has 0 fully saturated rings. The van der Waals surface area contributed by atoms with Crippen molar-refractivity contribution < 1.29 is 19.4 Å². The fourth-order valence-corrected chi connectivity index (χ4v) is 1.91. The van der Waals surface area contributed by atoms with Crippen LogP contribution in [0, 0.1) is 11.3 Å². The molecule has 0 saturated heterocycles. The lowest BCUT2D eigenvalue weighted by Gasteiger charge is -2.04. The molecule has 0 heterocycles. The number of aliphatic carboxylic acids is 1. The number of nitrogens with zero attached hydrogens (tertiary/aromatic N) is 1. The van der Waals surface area contributed by atoms with Gasteiger partial charge in [0.1, 0.15) is 5.75 Å². The average molecular weight is 321 g/mol. The molecular formula is C19H15NO4. The first-order valence-corrected chi connectivity index (χ1v) is 7.26. The number of ketones is 1. The van der Waals surface area contributed by atoms with Crippen molar-refractivity contribution in [2.24, 2.45) is 0 Å². The molecule has 0 aliphatic rings. The van der Waals surface area contributed by atoms with E-state index in [2.05, 4.69) is 0 Å². The molecule has 2 rings (SSSR count). The van der Waals surface area contributed by atoms with Crippen LogP contribution in [0.5, 0.6) is 5.75 Å². The topological polar surface area (TPSA) is 87.4 Å². The van der Waals surface area contributed by atoms with Crippen LogP contribution in [0.4, 0.5) is 0 Å². The highest BCUT2D eigenvalue weighted by molar-refractivity contribution is 6.06. The Hall–Kier alpha value is -3.39. The lowest BCUT2D eigenvalue weighted by Crippen LogP contribution is -2.04. The standard InChI is InChI=1S/C19H15NO4/c20-13-15-1-6-16(7-2-15)18(21)10-5-14-3-8-17(9-4-14)24-12-11-19(22)23/h1-10H,11-12H2,(H,22,23). The van der Waals surface area contributed by atoms with E-state index in [1.165, 1.54) is 6.08 Å². The molecule has 2 aromatic rings. The minimum atomic E-state index is -0.907. The molecule has 5 nitrogen and oxygen atoms in total. The Kier molecular flexibility index (Phi) is 5.87. The first kappa shape index (κ1) is 17.0. The van der Waals surface area contributed by atoms with Crippen molar-refractivity contribution in [1.29, 1.82) is 5.26 Å². The number of carboxylic acids is 1. The Labute approximate surface area is 139 Å². The van der Waals surface area contributed by atoms with Crippen LogP contribution < -0.4 is 4.74 Å². The number of nitriles is 1. The highest BCUT2D eigenvalue weighted by Crippen LogP contribution is 2.14. The molecule has 5 heteroatoms. The molecule has 0 amide bonds. The van der Waals surface area contributed by atoms with Gasteiger partial charge in [0.25, 0.3) is 0 Å². The number of rotatable bonds is 7. The zero-order valence-corrected chi connectivity index (χ0v) is 12.8. The lowest BCUT2D eigenvalue weighted by molar-refractivity contribution is -0.137. The van der Waals surface area contributed by atoms with Gasteiger partial charge in [-0.3, -0.25) is 9.59 Å². The third-order valence-electron chi connectivity index (χ3n) is 3.19. The summed E-state index contributed by atoms with van der Waals surface area (Å²) in [6.07, 6.45) is 3.09. The molecule has 0 bridgehead atoms. The van der Waals surface area contributed by atoms with Crippen molar-refractivity contribution in [3.8, 4) is 11.8 Å². The normalized spacial score (nSPS) is 10.3. The summed E-state index contributed by atoms with van der Waals surface area (Å²) in [6.45, 7) is 0.113. The fraction of sp³-hybridized carbons (Fsp3) is 0.105. The highest BCUT2D eigenvalue weighted by Gasteiger charge is 2.02. The van der Waals surface area contributed by atoms with Crippen LogP contribution >= 0.6 is 0 Å². The van der Waals surface area contributed by atoms with E-state index >= 15 is 0 Å². The van der Waals surface area contributed by atoms with Crippen LogP contribution in [0.3, 0.4) is 0 Å². The number of hydrogen-bond acceptors (Lipinski definition) is 4. The predicted octanol–water partition coefficient (Wildman–Crippen LogP) is 3.31. The predicted molar refractivity (Wildman–Crippen MR) is 88.7 cm³/mol. The molecule has 0 spiro atoms. The van der Waals surface area contributed by atoms with Gasteiger partial charge in [-0.05, 0) is 48.0 Å². The Bertz CT molecular complexity index is 784. The summed E-state index contributed by atoms with van der Waals surface area (Å²) in [5, 5.41) is 17.3. The maximum atomic E-state index is 12.0. The van der Waals surface area contributed by atoms with Crippen molar-refractivity contribution >= 4 is 17.8 Å². The molecule has 0 aliphatic heterocycles. The quantitative estimate of drug-likeness (QED) is 0.624. The molecule has 0 unspecified atom stereocenters. The van der Waals surface area contributed by atoms with E-state index in [0.29, 0.717) is 16.9 Å². The van der Waals surface area contributed by atoms with Gasteiger partial charge in [-0.1, -0.05) is 18.2 Å². The fourth-order valence-electron chi connectivity index (χ4n) is 1.91. The minimum absolute atomic E-state index is 0.0548. The second kappa shape index (κ2) is 8.30. The van der Waals surface area contributed by atoms with Crippen LogP contribution in [-0.2, 0) is 4.79 Å². The summed E-state index contributed by atoms with van der Waals surface area (Å²) < 4.78 is 5.29. The number of carbonyl (C=O) groups excluding carboxylic acids is 1. The van der Waals surface area contributed by atoms with E-state index < -0.39 is 5.97 Å². The van der Waals surface area contributed by atoms with E-state index in [1.807, 2.05) is 6.07 Å². The molecule has 1 N–H and O–H groups in total. The minimum Gasteiger partial charge on any atom is -0.493 e. The van der Waals surface area contributed by atoms with Gasteiger partial charge in [-0.15, -0.1) is 0 Å². The number of allylic oxidation sites excluding steroid dienone is 1. The molecule has 0 atom stereocenters. The lowest BCUT2D eigenvalue weighted by atomic mass is 10.1. The van der Waals surface area contributed by atoms with Crippen LogP contribution in [0.15, 0.2) is 54.6 Å². The third-order valence-corrected chi connectivity index (χ3v) is 3.19. The van der Waals surface area contributed by atoms with Crippen LogP contribution in [0.1, 0.15) is 27.9 Å². The van der Waals surface area contributed by atoms with E-state index in [0.717, 1.165) is 5.56 Å². The maximum Gasteiger partial charge on any atom is 0.306 e. The molecule has 2 aromatic carbocycles. The van der Waals surface area contributed by atoms with Gasteiger partial charge in [-0.2, -0.15) is 5.26 Å². The van der Waals surface area contributed by atoms with Gasteiger partial charge in [-0.25, -0.2) is 0 Å². The van der Waals surface area contributed by atoms with Crippen LogP contribution in [-0.4, -0.2) is 23.5 Å². The Morgan fingerprint density at radius 3 is 2.33 bits per heavy atom. The molecule has 24 heavy (non-hydrogen) atoms. The summed E-state index contributed by atoms with van der Waals surface area (Å²) >= 11 is 0. The molecular weight excluding hydrogens is 306 g/mol. The first-order chi connectivity index (χ1) is 11.6. The SMILES string of the molecule is N#Cc1ccc(C(=O)C=Cc2ccc(OCCC(=O)O)cc2)cc1. The van der Waals surface area contributed by atoms with E-state index in [4.69, 9.17) is 15.1 Å². The van der Waals surface area contributed by atoms with Gasteiger partial charge in [0.05, 0.1) is 24.7 Å². The molecule has 0 saturated carbocycles. The van der Waals surface area contributed by atoms with Gasteiger partial charge >= 0.3 is 5.97 Å². The van der Waals surface area contributed by atoms with Crippen LogP contribution in [0.25, 0.3) is 6.08 Å². The molecule has 0 aliphatic carbocycles. The Morgan fingerprint density at radius 2 is 1.75 bits per heavy atom. The maximum absolute atomic E-state index is 12.0. The summed E-state index contributed by atoms with van der Waals surface area (Å²) in [4.78, 5) is 22.4. The number of ether oxygens (including phenoxy) is 1. The summed E-state index contributed by atoms with van der Waals surface area (Å²) in [7, 11) is 0. The largest absolute Gasteiger partial charge is 0.493 e. The number of hydrogen-bond donors (Lipinski definition) is 1. The van der Waals surface area contributed by atoms with E-state index in [9.17, 15) is 9.59 Å². The van der Waals surface area contributed by atoms with Crippen molar-refractivity contribution in [3.63, 3.8) is 0 Å². The molecule has 120 valence electrons.